The molecule has 0 saturated heterocycles. The van der Waals surface area contributed by atoms with Gasteiger partial charge in [0, 0.05) is 29.9 Å². The van der Waals surface area contributed by atoms with E-state index in [0.29, 0.717) is 11.3 Å². The number of hydrogen-bond donors (Lipinski definition) is 6. The summed E-state index contributed by atoms with van der Waals surface area (Å²) >= 11 is 0. The fraction of sp³-hybridized carbons (Fsp3) is 0.333. The van der Waals surface area contributed by atoms with Gasteiger partial charge in [0.2, 0.25) is 0 Å². The lowest BCUT2D eigenvalue weighted by atomic mass is 10.1. The molecule has 0 amide bonds. The van der Waals surface area contributed by atoms with Crippen molar-refractivity contribution < 1.29 is 35.4 Å². The molecule has 0 heterocycles. The van der Waals surface area contributed by atoms with Crippen molar-refractivity contribution in [3.63, 3.8) is 0 Å². The predicted octanol–water partition coefficient (Wildman–Crippen LogP) is 1.30. The Morgan fingerprint density at radius 1 is 1.16 bits per heavy atom. The zero-order valence-electron chi connectivity index (χ0n) is 14.2. The van der Waals surface area contributed by atoms with Gasteiger partial charge in [0.25, 0.3) is 0 Å². The highest BCUT2D eigenvalue weighted by Crippen LogP contribution is 2.30. The quantitative estimate of drug-likeness (QED) is 0.306. The van der Waals surface area contributed by atoms with Crippen LogP contribution in [-0.2, 0) is 13.0 Å². The van der Waals surface area contributed by atoms with Crippen LogP contribution in [0.3, 0.4) is 0 Å². The molecule has 1 aromatic rings. The van der Waals surface area contributed by atoms with Crippen LogP contribution in [0.2, 0.25) is 0 Å². The standard InChI is InChI=1S/C16H20O6.C2H6O/c1-2-14(5-11(8-18)9-19)22-15-6-12(3-4-17)16(21)13(7-15)10-20;1-2-3/h2,5-8,17-21H,1,3-4,9-10H2;3H,2H2,1H3/b11-8-,14-5+;. The van der Waals surface area contributed by atoms with Gasteiger partial charge in [0.1, 0.15) is 17.3 Å². The summed E-state index contributed by atoms with van der Waals surface area (Å²) in [5, 5.41) is 53.7. The lowest BCUT2D eigenvalue weighted by Gasteiger charge is -2.13. The third-order valence-corrected chi connectivity index (χ3v) is 2.91. The van der Waals surface area contributed by atoms with Crippen LogP contribution in [0.1, 0.15) is 18.1 Å². The second kappa shape index (κ2) is 13.0. The van der Waals surface area contributed by atoms with Crippen molar-refractivity contribution in [2.24, 2.45) is 0 Å². The molecule has 0 fully saturated rings. The summed E-state index contributed by atoms with van der Waals surface area (Å²) in [6.07, 6.45) is 3.74. The third-order valence-electron chi connectivity index (χ3n) is 2.91. The van der Waals surface area contributed by atoms with Crippen LogP contribution < -0.4 is 4.74 Å². The Bertz CT molecular complexity index is 591. The molecule has 0 aliphatic carbocycles. The second-order valence-electron chi connectivity index (χ2n) is 4.75. The van der Waals surface area contributed by atoms with Gasteiger partial charge in [-0.2, -0.15) is 0 Å². The maximum atomic E-state index is 9.92. The van der Waals surface area contributed by atoms with E-state index in [2.05, 4.69) is 6.58 Å². The number of hydrogen-bond acceptors (Lipinski definition) is 7. The van der Waals surface area contributed by atoms with Crippen LogP contribution in [0, 0.1) is 0 Å². The first kappa shape index (κ1) is 22.7. The molecule has 0 radical (unpaired) electrons. The number of aromatic hydroxyl groups is 1. The van der Waals surface area contributed by atoms with Crippen LogP contribution in [-0.4, -0.2) is 50.5 Å². The van der Waals surface area contributed by atoms with Crippen molar-refractivity contribution >= 4 is 0 Å². The van der Waals surface area contributed by atoms with Crippen molar-refractivity contribution in [3.05, 3.63) is 59.6 Å². The average Bonchev–Trinajstić information content (AvgIpc) is 2.61. The Kier molecular flexibility index (Phi) is 11.8. The Morgan fingerprint density at radius 3 is 2.20 bits per heavy atom. The number of ether oxygens (including phenoxy) is 1. The lowest BCUT2D eigenvalue weighted by Crippen LogP contribution is -2.00. The van der Waals surface area contributed by atoms with E-state index in [-0.39, 0.29) is 55.5 Å². The lowest BCUT2D eigenvalue weighted by molar-refractivity contribution is 0.272. The highest BCUT2D eigenvalue weighted by atomic mass is 16.5. The largest absolute Gasteiger partial charge is 0.515 e. The van der Waals surface area contributed by atoms with Gasteiger partial charge in [-0.25, -0.2) is 0 Å². The van der Waals surface area contributed by atoms with E-state index in [1.165, 1.54) is 24.3 Å². The average molecular weight is 354 g/mol. The number of allylic oxidation sites excluding steroid dienone is 1. The molecule has 0 spiro atoms. The van der Waals surface area contributed by atoms with E-state index >= 15 is 0 Å². The van der Waals surface area contributed by atoms with E-state index in [4.69, 9.17) is 25.2 Å². The van der Waals surface area contributed by atoms with Crippen LogP contribution >= 0.6 is 0 Å². The highest BCUT2D eigenvalue weighted by molar-refractivity contribution is 5.47. The molecule has 0 aliphatic heterocycles. The molecule has 0 bridgehead atoms. The van der Waals surface area contributed by atoms with Crippen molar-refractivity contribution in [3.8, 4) is 11.5 Å². The number of rotatable bonds is 8. The maximum absolute atomic E-state index is 9.92. The minimum atomic E-state index is -0.382. The maximum Gasteiger partial charge on any atom is 0.128 e. The Morgan fingerprint density at radius 2 is 1.76 bits per heavy atom. The summed E-state index contributed by atoms with van der Waals surface area (Å²) in [5.41, 5.74) is 0.934. The minimum absolute atomic E-state index is 0.0840. The van der Waals surface area contributed by atoms with Crippen LogP contribution in [0.5, 0.6) is 11.5 Å². The molecule has 7 heteroatoms. The van der Waals surface area contributed by atoms with Crippen LogP contribution in [0.15, 0.2) is 48.5 Å². The Balaban J connectivity index is 0.00000178. The van der Waals surface area contributed by atoms with Gasteiger partial charge in [-0.05, 0) is 37.6 Å². The molecule has 140 valence electrons. The van der Waals surface area contributed by atoms with Crippen molar-refractivity contribution in [2.45, 2.75) is 20.0 Å². The third kappa shape index (κ3) is 7.86. The molecule has 1 rings (SSSR count). The van der Waals surface area contributed by atoms with E-state index in [1.54, 1.807) is 6.92 Å². The van der Waals surface area contributed by atoms with Gasteiger partial charge in [-0.1, -0.05) is 6.58 Å². The summed E-state index contributed by atoms with van der Waals surface area (Å²) in [5.74, 6) is 0.505. The molecular formula is C18H26O7. The minimum Gasteiger partial charge on any atom is -0.515 e. The van der Waals surface area contributed by atoms with Gasteiger partial charge in [0.15, 0.2) is 0 Å². The van der Waals surface area contributed by atoms with Crippen molar-refractivity contribution in [1.29, 1.82) is 0 Å². The predicted molar refractivity (Wildman–Crippen MR) is 94.3 cm³/mol. The first-order chi connectivity index (χ1) is 12.0. The molecule has 1 aromatic carbocycles. The summed E-state index contributed by atoms with van der Waals surface area (Å²) in [7, 11) is 0. The van der Waals surface area contributed by atoms with Gasteiger partial charge in [0.05, 0.1) is 19.5 Å². The van der Waals surface area contributed by atoms with E-state index in [1.807, 2.05) is 0 Å². The zero-order chi connectivity index (χ0) is 19.2. The number of benzene rings is 1. The molecule has 0 unspecified atom stereocenters. The molecule has 7 nitrogen and oxygen atoms in total. The smallest absolute Gasteiger partial charge is 0.128 e. The van der Waals surface area contributed by atoms with E-state index in [0.717, 1.165) is 6.26 Å². The Hall–Kier alpha value is -2.32. The van der Waals surface area contributed by atoms with E-state index in [9.17, 15) is 10.2 Å². The Labute approximate surface area is 147 Å². The van der Waals surface area contributed by atoms with Gasteiger partial charge < -0.3 is 35.4 Å². The molecular weight excluding hydrogens is 328 g/mol. The zero-order valence-corrected chi connectivity index (χ0v) is 14.2. The molecule has 25 heavy (non-hydrogen) atoms. The molecule has 0 saturated carbocycles. The van der Waals surface area contributed by atoms with Gasteiger partial charge in [-0.3, -0.25) is 0 Å². The van der Waals surface area contributed by atoms with E-state index < -0.39 is 0 Å². The van der Waals surface area contributed by atoms with Crippen LogP contribution in [0.25, 0.3) is 0 Å². The molecule has 6 N–H and O–H groups in total. The fourth-order valence-electron chi connectivity index (χ4n) is 1.79. The van der Waals surface area contributed by atoms with Gasteiger partial charge in [-0.15, -0.1) is 0 Å². The fourth-order valence-corrected chi connectivity index (χ4v) is 1.79. The first-order valence-corrected chi connectivity index (χ1v) is 7.64. The summed E-state index contributed by atoms with van der Waals surface area (Å²) in [6.45, 7) is 4.59. The first-order valence-electron chi connectivity index (χ1n) is 7.64. The SMILES string of the molecule is C=C/C(=C\C(=C\O)CO)Oc1cc(CO)c(O)c(CCO)c1.CCO. The number of aliphatic hydroxyl groups excluding tert-OH is 5. The van der Waals surface area contributed by atoms with Gasteiger partial charge >= 0.3 is 0 Å². The monoisotopic (exact) mass is 354 g/mol. The second-order valence-corrected chi connectivity index (χ2v) is 4.75. The van der Waals surface area contributed by atoms with Crippen molar-refractivity contribution in [2.75, 3.05) is 19.8 Å². The molecule has 0 aromatic heterocycles. The normalized spacial score (nSPS) is 11.6. The molecule has 0 aliphatic rings. The highest BCUT2D eigenvalue weighted by Gasteiger charge is 2.11. The summed E-state index contributed by atoms with van der Waals surface area (Å²) in [6, 6.07) is 2.98. The number of aliphatic hydroxyl groups is 5. The van der Waals surface area contributed by atoms with Crippen molar-refractivity contribution in [1.82, 2.24) is 0 Å². The topological polar surface area (TPSA) is 131 Å². The summed E-state index contributed by atoms with van der Waals surface area (Å²) in [4.78, 5) is 0. The number of phenols is 1. The molecule has 0 atom stereocenters. The van der Waals surface area contributed by atoms with Crippen LogP contribution in [0.4, 0.5) is 0 Å². The summed E-state index contributed by atoms with van der Waals surface area (Å²) < 4.78 is 5.56.